The van der Waals surface area contributed by atoms with Crippen LogP contribution in [0.2, 0.25) is 0 Å². The standard InChI is InChI=1S/C18H21N3O2/c1-13-4-3-11-21(12-13)18(22)15-6-8-16(9-7-15)23-17-10-5-14(2)19-20-17/h5-10,13H,3-4,11-12H2,1-2H3. The molecule has 1 atom stereocenters. The van der Waals surface area contributed by atoms with E-state index in [1.54, 1.807) is 30.3 Å². The zero-order valence-electron chi connectivity index (χ0n) is 13.5. The lowest BCUT2D eigenvalue weighted by Gasteiger charge is -2.31. The van der Waals surface area contributed by atoms with Crippen molar-refractivity contribution in [3.05, 3.63) is 47.7 Å². The molecule has 0 N–H and O–H groups in total. The fraction of sp³-hybridized carbons (Fsp3) is 0.389. The van der Waals surface area contributed by atoms with Gasteiger partial charge < -0.3 is 9.64 Å². The van der Waals surface area contributed by atoms with Gasteiger partial charge in [0, 0.05) is 24.7 Å². The Kier molecular flexibility index (Phi) is 4.55. The molecule has 1 aromatic heterocycles. The van der Waals surface area contributed by atoms with Gasteiger partial charge in [-0.05, 0) is 56.0 Å². The first kappa shape index (κ1) is 15.5. The molecule has 23 heavy (non-hydrogen) atoms. The van der Waals surface area contributed by atoms with Gasteiger partial charge in [0.1, 0.15) is 5.75 Å². The highest BCUT2D eigenvalue weighted by Crippen LogP contribution is 2.22. The van der Waals surface area contributed by atoms with Crippen molar-refractivity contribution in [2.45, 2.75) is 26.7 Å². The third kappa shape index (κ3) is 3.86. The van der Waals surface area contributed by atoms with E-state index in [4.69, 9.17) is 4.74 Å². The van der Waals surface area contributed by atoms with Crippen LogP contribution >= 0.6 is 0 Å². The number of nitrogens with zero attached hydrogens (tertiary/aromatic N) is 3. The van der Waals surface area contributed by atoms with Gasteiger partial charge in [0.2, 0.25) is 5.88 Å². The van der Waals surface area contributed by atoms with E-state index in [9.17, 15) is 4.79 Å². The molecule has 1 amide bonds. The lowest BCUT2D eigenvalue weighted by molar-refractivity contribution is 0.0683. The number of benzene rings is 1. The SMILES string of the molecule is Cc1ccc(Oc2ccc(C(=O)N3CCCC(C)C3)cc2)nn1. The second kappa shape index (κ2) is 6.77. The molecule has 0 saturated carbocycles. The molecule has 0 bridgehead atoms. The number of carbonyl (C=O) groups is 1. The van der Waals surface area contributed by atoms with Crippen LogP contribution in [0, 0.1) is 12.8 Å². The molecule has 120 valence electrons. The smallest absolute Gasteiger partial charge is 0.253 e. The maximum Gasteiger partial charge on any atom is 0.253 e. The van der Waals surface area contributed by atoms with Crippen LogP contribution in [0.25, 0.3) is 0 Å². The molecule has 3 rings (SSSR count). The van der Waals surface area contributed by atoms with Crippen LogP contribution in [-0.4, -0.2) is 34.1 Å². The molecular weight excluding hydrogens is 290 g/mol. The minimum atomic E-state index is 0.0956. The number of hydrogen-bond donors (Lipinski definition) is 0. The van der Waals surface area contributed by atoms with E-state index in [1.165, 1.54) is 6.42 Å². The minimum Gasteiger partial charge on any atom is -0.438 e. The number of aryl methyl sites for hydroxylation is 1. The van der Waals surface area contributed by atoms with E-state index in [0.29, 0.717) is 23.1 Å². The molecule has 5 nitrogen and oxygen atoms in total. The molecule has 1 saturated heterocycles. The molecule has 2 heterocycles. The van der Waals surface area contributed by atoms with E-state index in [2.05, 4.69) is 17.1 Å². The summed E-state index contributed by atoms with van der Waals surface area (Å²) >= 11 is 0. The number of aromatic nitrogens is 2. The van der Waals surface area contributed by atoms with Gasteiger partial charge in [-0.2, -0.15) is 5.10 Å². The van der Waals surface area contributed by atoms with Crippen LogP contribution in [0.1, 0.15) is 35.8 Å². The molecule has 1 aliphatic rings. The van der Waals surface area contributed by atoms with Crippen molar-refractivity contribution in [2.24, 2.45) is 5.92 Å². The Balaban J connectivity index is 1.66. The fourth-order valence-electron chi connectivity index (χ4n) is 2.78. The maximum absolute atomic E-state index is 12.5. The Hall–Kier alpha value is -2.43. The van der Waals surface area contributed by atoms with Gasteiger partial charge in [0.05, 0.1) is 5.69 Å². The number of hydrogen-bond acceptors (Lipinski definition) is 4. The number of amides is 1. The second-order valence-electron chi connectivity index (χ2n) is 6.14. The minimum absolute atomic E-state index is 0.0956. The summed E-state index contributed by atoms with van der Waals surface area (Å²) < 4.78 is 5.63. The largest absolute Gasteiger partial charge is 0.438 e. The monoisotopic (exact) mass is 311 g/mol. The van der Waals surface area contributed by atoms with E-state index in [-0.39, 0.29) is 5.91 Å². The van der Waals surface area contributed by atoms with Gasteiger partial charge in [0.25, 0.3) is 5.91 Å². The summed E-state index contributed by atoms with van der Waals surface area (Å²) in [6.07, 6.45) is 2.29. The molecule has 5 heteroatoms. The molecule has 0 spiro atoms. The van der Waals surface area contributed by atoms with Crippen LogP contribution < -0.4 is 4.74 Å². The predicted octanol–water partition coefficient (Wildman–Crippen LogP) is 3.45. The van der Waals surface area contributed by atoms with Crippen molar-refractivity contribution < 1.29 is 9.53 Å². The molecule has 0 aliphatic carbocycles. The van der Waals surface area contributed by atoms with Crippen molar-refractivity contribution in [2.75, 3.05) is 13.1 Å². The highest BCUT2D eigenvalue weighted by Gasteiger charge is 2.21. The summed E-state index contributed by atoms with van der Waals surface area (Å²) in [6, 6.07) is 10.8. The number of piperidine rings is 1. The first-order valence-electron chi connectivity index (χ1n) is 7.99. The van der Waals surface area contributed by atoms with Crippen molar-refractivity contribution in [3.63, 3.8) is 0 Å². The van der Waals surface area contributed by atoms with Crippen molar-refractivity contribution >= 4 is 5.91 Å². The molecule has 1 aliphatic heterocycles. The molecular formula is C18H21N3O2. The summed E-state index contributed by atoms with van der Waals surface area (Å²) in [5.74, 6) is 1.76. The first-order chi connectivity index (χ1) is 11.1. The second-order valence-corrected chi connectivity index (χ2v) is 6.14. The maximum atomic E-state index is 12.5. The van der Waals surface area contributed by atoms with E-state index in [1.807, 2.05) is 17.9 Å². The van der Waals surface area contributed by atoms with Crippen LogP contribution in [0.15, 0.2) is 36.4 Å². The number of carbonyl (C=O) groups excluding carboxylic acids is 1. The highest BCUT2D eigenvalue weighted by molar-refractivity contribution is 5.94. The topological polar surface area (TPSA) is 55.3 Å². The van der Waals surface area contributed by atoms with Gasteiger partial charge in [-0.3, -0.25) is 4.79 Å². The zero-order chi connectivity index (χ0) is 16.2. The average molecular weight is 311 g/mol. The lowest BCUT2D eigenvalue weighted by Crippen LogP contribution is -2.39. The van der Waals surface area contributed by atoms with E-state index < -0.39 is 0 Å². The number of ether oxygens (including phenoxy) is 1. The van der Waals surface area contributed by atoms with Crippen LogP contribution in [0.3, 0.4) is 0 Å². The van der Waals surface area contributed by atoms with E-state index >= 15 is 0 Å². The summed E-state index contributed by atoms with van der Waals surface area (Å²) in [6.45, 7) is 5.76. The Morgan fingerprint density at radius 2 is 1.96 bits per heavy atom. The van der Waals surface area contributed by atoms with Crippen molar-refractivity contribution in [3.8, 4) is 11.6 Å². The first-order valence-corrected chi connectivity index (χ1v) is 7.99. The Morgan fingerprint density at radius 3 is 2.61 bits per heavy atom. The van der Waals surface area contributed by atoms with Crippen molar-refractivity contribution in [1.82, 2.24) is 15.1 Å². The third-order valence-electron chi connectivity index (χ3n) is 4.04. The highest BCUT2D eigenvalue weighted by atomic mass is 16.5. The van der Waals surface area contributed by atoms with Gasteiger partial charge in [-0.1, -0.05) is 6.92 Å². The van der Waals surface area contributed by atoms with Crippen molar-refractivity contribution in [1.29, 1.82) is 0 Å². The van der Waals surface area contributed by atoms with Crippen LogP contribution in [-0.2, 0) is 0 Å². The quantitative estimate of drug-likeness (QED) is 0.871. The number of rotatable bonds is 3. The number of likely N-dealkylation sites (tertiary alicyclic amines) is 1. The van der Waals surface area contributed by atoms with Gasteiger partial charge >= 0.3 is 0 Å². The average Bonchev–Trinajstić information content (AvgIpc) is 2.57. The fourth-order valence-corrected chi connectivity index (χ4v) is 2.78. The summed E-state index contributed by atoms with van der Waals surface area (Å²) in [7, 11) is 0. The lowest BCUT2D eigenvalue weighted by atomic mass is 9.99. The molecule has 1 aromatic carbocycles. The molecule has 1 unspecified atom stereocenters. The van der Waals surface area contributed by atoms with Crippen LogP contribution in [0.5, 0.6) is 11.6 Å². The summed E-state index contributed by atoms with van der Waals surface area (Å²) in [4.78, 5) is 14.5. The normalized spacial score (nSPS) is 17.8. The summed E-state index contributed by atoms with van der Waals surface area (Å²) in [5, 5.41) is 7.92. The van der Waals surface area contributed by atoms with Gasteiger partial charge in [0.15, 0.2) is 0 Å². The van der Waals surface area contributed by atoms with Gasteiger partial charge in [-0.25, -0.2) is 0 Å². The third-order valence-corrected chi connectivity index (χ3v) is 4.04. The van der Waals surface area contributed by atoms with E-state index in [0.717, 1.165) is 25.2 Å². The molecule has 2 aromatic rings. The van der Waals surface area contributed by atoms with Crippen LogP contribution in [0.4, 0.5) is 0 Å². The Labute approximate surface area is 136 Å². The zero-order valence-corrected chi connectivity index (χ0v) is 13.5. The summed E-state index contributed by atoms with van der Waals surface area (Å²) in [5.41, 5.74) is 1.54. The molecule has 1 fully saturated rings. The Bertz CT molecular complexity index is 668. The van der Waals surface area contributed by atoms with Gasteiger partial charge in [-0.15, -0.1) is 5.10 Å². The Morgan fingerprint density at radius 1 is 1.17 bits per heavy atom. The molecule has 0 radical (unpaired) electrons. The predicted molar refractivity (Wildman–Crippen MR) is 87.6 cm³/mol.